The fraction of sp³-hybridized carbons (Fsp3) is 0.273. The molecule has 5 heteroatoms. The fourth-order valence-corrected chi connectivity index (χ4v) is 2.60. The first kappa shape index (κ1) is 18.7. The number of rotatable bonds is 4. The molecule has 0 atom stereocenters. The smallest absolute Gasteiger partial charge is 0.271 e. The normalized spacial score (nSPS) is 13.9. The van der Waals surface area contributed by atoms with Crippen LogP contribution in [0.1, 0.15) is 49.2 Å². The van der Waals surface area contributed by atoms with Crippen LogP contribution >= 0.6 is 0 Å². The van der Waals surface area contributed by atoms with Gasteiger partial charge in [-0.3, -0.25) is 4.79 Å². The average molecular weight is 364 g/mol. The van der Waals surface area contributed by atoms with Gasteiger partial charge in [0, 0.05) is 5.56 Å². The number of carbonyl (C=O) groups excluding carboxylic acids is 1. The zero-order valence-corrected chi connectivity index (χ0v) is 16.1. The highest BCUT2D eigenvalue weighted by Gasteiger charge is 2.14. The summed E-state index contributed by atoms with van der Waals surface area (Å²) in [5.74, 6) is 1.26. The molecule has 0 aliphatic carbocycles. The zero-order chi connectivity index (χ0) is 19.4. The van der Waals surface area contributed by atoms with E-state index in [0.29, 0.717) is 11.3 Å². The topological polar surface area (TPSA) is 59.9 Å². The van der Waals surface area contributed by atoms with E-state index in [2.05, 4.69) is 31.3 Å². The minimum absolute atomic E-state index is 0.0588. The number of nitrogens with zero attached hydrogens (tertiary/aromatic N) is 1. The van der Waals surface area contributed by atoms with E-state index in [4.69, 9.17) is 9.47 Å². The highest BCUT2D eigenvalue weighted by atomic mass is 16.7. The van der Waals surface area contributed by atoms with Gasteiger partial charge in [-0.25, -0.2) is 5.43 Å². The summed E-state index contributed by atoms with van der Waals surface area (Å²) in [6.07, 6.45) is 3.74. The molecule has 27 heavy (non-hydrogen) atoms. The number of hydrogen-bond donors (Lipinski definition) is 1. The Morgan fingerprint density at radius 2 is 1.78 bits per heavy atom. The molecule has 1 N–H and O–H groups in total. The van der Waals surface area contributed by atoms with Crippen molar-refractivity contribution in [3.63, 3.8) is 0 Å². The molecular formula is C22H24N2O3. The summed E-state index contributed by atoms with van der Waals surface area (Å²) in [6.45, 7) is 8.50. The van der Waals surface area contributed by atoms with E-state index in [1.54, 1.807) is 0 Å². The maximum Gasteiger partial charge on any atom is 0.271 e. The largest absolute Gasteiger partial charge is 0.454 e. The van der Waals surface area contributed by atoms with Crippen molar-refractivity contribution in [2.24, 2.45) is 5.10 Å². The predicted octanol–water partition coefficient (Wildman–Crippen LogP) is 4.53. The van der Waals surface area contributed by atoms with Crippen molar-refractivity contribution in [1.82, 2.24) is 5.43 Å². The molecule has 2 aromatic carbocycles. The predicted molar refractivity (Wildman–Crippen MR) is 107 cm³/mol. The molecule has 1 aliphatic rings. The van der Waals surface area contributed by atoms with E-state index in [-0.39, 0.29) is 18.1 Å². The number of carbonyl (C=O) groups is 1. The van der Waals surface area contributed by atoms with Crippen LogP contribution in [0.25, 0.3) is 6.08 Å². The second-order valence-electron chi connectivity index (χ2n) is 7.47. The Morgan fingerprint density at radius 1 is 1.07 bits per heavy atom. The molecule has 0 saturated carbocycles. The Bertz CT molecular complexity index is 891. The monoisotopic (exact) mass is 364 g/mol. The fourth-order valence-electron chi connectivity index (χ4n) is 2.60. The van der Waals surface area contributed by atoms with Crippen molar-refractivity contribution in [3.05, 3.63) is 65.2 Å². The number of fused-ring (bicyclic) bond motifs is 1. The first-order chi connectivity index (χ1) is 12.8. The maximum absolute atomic E-state index is 12.2. The van der Waals surface area contributed by atoms with Gasteiger partial charge in [0.1, 0.15) is 0 Å². The van der Waals surface area contributed by atoms with E-state index in [0.717, 1.165) is 17.1 Å². The second kappa shape index (κ2) is 7.66. The third-order valence-electron chi connectivity index (χ3n) is 4.26. The summed E-state index contributed by atoms with van der Waals surface area (Å²) < 4.78 is 10.7. The molecule has 1 aliphatic heterocycles. The molecule has 1 amide bonds. The third kappa shape index (κ3) is 4.76. The zero-order valence-electron chi connectivity index (χ0n) is 16.1. The number of hydrogen-bond acceptors (Lipinski definition) is 4. The Morgan fingerprint density at radius 3 is 2.48 bits per heavy atom. The van der Waals surface area contributed by atoms with Crippen molar-refractivity contribution in [1.29, 1.82) is 0 Å². The molecule has 140 valence electrons. The standard InChI is InChI=1S/C22H24N2O3/c1-15(5-6-16-7-12-19-20(13-16)27-14-26-19)23-24-21(25)17-8-10-18(11-9-17)22(2,3)4/h5-13H,14H2,1-4H3,(H,24,25)/b6-5+,23-15+. The Balaban J connectivity index is 1.60. The number of allylic oxidation sites excluding steroid dienone is 1. The SMILES string of the molecule is CC(/C=C/c1ccc2c(c1)OCO2)=N\NC(=O)c1ccc(C(C)(C)C)cc1. The number of ether oxygens (including phenoxy) is 2. The highest BCUT2D eigenvalue weighted by Crippen LogP contribution is 2.32. The lowest BCUT2D eigenvalue weighted by atomic mass is 9.87. The molecule has 5 nitrogen and oxygen atoms in total. The molecule has 0 spiro atoms. The maximum atomic E-state index is 12.2. The van der Waals surface area contributed by atoms with Gasteiger partial charge in [-0.2, -0.15) is 5.10 Å². The van der Waals surface area contributed by atoms with E-state index in [1.165, 1.54) is 5.56 Å². The van der Waals surface area contributed by atoms with Crippen LogP contribution in [0.2, 0.25) is 0 Å². The molecular weight excluding hydrogens is 340 g/mol. The van der Waals surface area contributed by atoms with E-state index in [1.807, 2.05) is 61.5 Å². The van der Waals surface area contributed by atoms with Gasteiger partial charge in [0.05, 0.1) is 5.71 Å². The average Bonchev–Trinajstić information content (AvgIpc) is 3.11. The summed E-state index contributed by atoms with van der Waals surface area (Å²) in [4.78, 5) is 12.2. The molecule has 2 aromatic rings. The van der Waals surface area contributed by atoms with Crippen LogP contribution in [-0.4, -0.2) is 18.4 Å². The van der Waals surface area contributed by atoms with E-state index < -0.39 is 0 Å². The lowest BCUT2D eigenvalue weighted by Gasteiger charge is -2.18. The van der Waals surface area contributed by atoms with E-state index in [9.17, 15) is 4.79 Å². The van der Waals surface area contributed by atoms with Gasteiger partial charge < -0.3 is 9.47 Å². The van der Waals surface area contributed by atoms with Gasteiger partial charge in [-0.1, -0.05) is 45.0 Å². The Hall–Kier alpha value is -3.08. The summed E-state index contributed by atoms with van der Waals surface area (Å²) >= 11 is 0. The first-order valence-electron chi connectivity index (χ1n) is 8.86. The van der Waals surface area contributed by atoms with Gasteiger partial charge in [-0.15, -0.1) is 0 Å². The molecule has 0 bridgehead atoms. The molecule has 0 radical (unpaired) electrons. The van der Waals surface area contributed by atoms with Gasteiger partial charge in [0.25, 0.3) is 5.91 Å². The molecule has 3 rings (SSSR count). The van der Waals surface area contributed by atoms with Gasteiger partial charge in [-0.05, 0) is 53.8 Å². The minimum Gasteiger partial charge on any atom is -0.454 e. The van der Waals surface area contributed by atoms with Crippen LogP contribution in [0, 0.1) is 0 Å². The van der Waals surface area contributed by atoms with Crippen LogP contribution in [0.15, 0.2) is 53.6 Å². The van der Waals surface area contributed by atoms with Crippen molar-refractivity contribution in [2.45, 2.75) is 33.1 Å². The lowest BCUT2D eigenvalue weighted by Crippen LogP contribution is -2.19. The van der Waals surface area contributed by atoms with Crippen molar-refractivity contribution in [2.75, 3.05) is 6.79 Å². The summed E-state index contributed by atoms with van der Waals surface area (Å²) in [5, 5.41) is 4.13. The summed E-state index contributed by atoms with van der Waals surface area (Å²) in [6, 6.07) is 13.3. The van der Waals surface area contributed by atoms with Crippen molar-refractivity contribution >= 4 is 17.7 Å². The second-order valence-corrected chi connectivity index (χ2v) is 7.47. The van der Waals surface area contributed by atoms with Gasteiger partial charge >= 0.3 is 0 Å². The summed E-state index contributed by atoms with van der Waals surface area (Å²) in [7, 11) is 0. The van der Waals surface area contributed by atoms with Crippen molar-refractivity contribution in [3.8, 4) is 11.5 Å². The number of amides is 1. The van der Waals surface area contributed by atoms with Crippen LogP contribution in [0.3, 0.4) is 0 Å². The van der Waals surface area contributed by atoms with Crippen LogP contribution in [0.5, 0.6) is 11.5 Å². The molecule has 0 fully saturated rings. The van der Waals surface area contributed by atoms with Crippen LogP contribution < -0.4 is 14.9 Å². The van der Waals surface area contributed by atoms with Gasteiger partial charge in [0.2, 0.25) is 6.79 Å². The third-order valence-corrected chi connectivity index (χ3v) is 4.26. The van der Waals surface area contributed by atoms with Crippen LogP contribution in [-0.2, 0) is 5.41 Å². The van der Waals surface area contributed by atoms with Gasteiger partial charge in [0.15, 0.2) is 11.5 Å². The quantitative estimate of drug-likeness (QED) is 0.640. The van der Waals surface area contributed by atoms with Crippen LogP contribution in [0.4, 0.5) is 0 Å². The highest BCUT2D eigenvalue weighted by molar-refractivity contribution is 5.99. The Labute approximate surface area is 159 Å². The number of hydrazone groups is 1. The number of benzene rings is 2. The number of nitrogens with one attached hydrogen (secondary N) is 1. The molecule has 0 saturated heterocycles. The molecule has 1 heterocycles. The van der Waals surface area contributed by atoms with E-state index >= 15 is 0 Å². The minimum atomic E-state index is -0.230. The molecule has 0 unspecified atom stereocenters. The van der Waals surface area contributed by atoms with Crippen molar-refractivity contribution < 1.29 is 14.3 Å². The first-order valence-corrected chi connectivity index (χ1v) is 8.86. The molecule has 0 aromatic heterocycles. The Kier molecular flexibility index (Phi) is 5.31. The lowest BCUT2D eigenvalue weighted by molar-refractivity contribution is 0.0954. The summed E-state index contributed by atoms with van der Waals surface area (Å²) in [5.41, 5.74) is 6.07.